The summed E-state index contributed by atoms with van der Waals surface area (Å²) in [4.78, 5) is 2.37. The fourth-order valence-corrected chi connectivity index (χ4v) is 2.62. The molecule has 1 aromatic rings. The van der Waals surface area contributed by atoms with Crippen molar-refractivity contribution in [2.45, 2.75) is 18.9 Å². The molecule has 0 amide bonds. The molecule has 0 saturated carbocycles. The molecule has 1 aliphatic rings. The first-order valence-corrected chi connectivity index (χ1v) is 7.28. The van der Waals surface area contributed by atoms with E-state index in [4.69, 9.17) is 4.74 Å². The number of rotatable bonds is 4. The van der Waals surface area contributed by atoms with Crippen LogP contribution < -0.4 is 0 Å². The van der Waals surface area contributed by atoms with Gasteiger partial charge >= 0.3 is 0 Å². The van der Waals surface area contributed by atoms with E-state index in [1.807, 2.05) is 24.3 Å². The summed E-state index contributed by atoms with van der Waals surface area (Å²) in [5.41, 5.74) is 0.982. The van der Waals surface area contributed by atoms with Crippen molar-refractivity contribution in [1.82, 2.24) is 4.90 Å². The fraction of sp³-hybridized carbons (Fsp3) is 0.571. The number of nitrogens with zero attached hydrogens (tertiary/aromatic N) is 1. The zero-order valence-corrected chi connectivity index (χ0v) is 12.1. The lowest BCUT2D eigenvalue weighted by Gasteiger charge is -2.21. The van der Waals surface area contributed by atoms with Crippen LogP contribution in [0.4, 0.5) is 0 Å². The van der Waals surface area contributed by atoms with Gasteiger partial charge in [0.05, 0.1) is 12.7 Å². The Bertz CT molecular complexity index is 365. The summed E-state index contributed by atoms with van der Waals surface area (Å²) in [6.07, 6.45) is 1.48. The van der Waals surface area contributed by atoms with Crippen molar-refractivity contribution in [3.8, 4) is 0 Å². The van der Waals surface area contributed by atoms with Crippen molar-refractivity contribution in [1.29, 1.82) is 0 Å². The van der Waals surface area contributed by atoms with E-state index in [1.54, 1.807) is 0 Å². The van der Waals surface area contributed by atoms with Crippen LogP contribution in [0.3, 0.4) is 0 Å². The minimum absolute atomic E-state index is 0.383. The van der Waals surface area contributed by atoms with E-state index in [0.29, 0.717) is 0 Å². The number of hydrogen-bond acceptors (Lipinski definition) is 3. The first kappa shape index (κ1) is 14.0. The number of benzene rings is 1. The van der Waals surface area contributed by atoms with Gasteiger partial charge in [-0.25, -0.2) is 0 Å². The van der Waals surface area contributed by atoms with E-state index in [2.05, 4.69) is 20.8 Å². The molecule has 2 rings (SSSR count). The number of aliphatic hydroxyl groups excluding tert-OH is 1. The number of aliphatic hydroxyl groups is 1. The second kappa shape index (κ2) is 7.24. The van der Waals surface area contributed by atoms with E-state index in [0.717, 1.165) is 55.7 Å². The molecule has 4 heteroatoms. The lowest BCUT2D eigenvalue weighted by Crippen LogP contribution is -2.28. The second-order valence-electron chi connectivity index (χ2n) is 4.67. The lowest BCUT2D eigenvalue weighted by atomic mass is 10.1. The van der Waals surface area contributed by atoms with Crippen molar-refractivity contribution in [2.24, 2.45) is 0 Å². The molecule has 0 aliphatic carbocycles. The average Bonchev–Trinajstić information content (AvgIpc) is 2.64. The molecule has 1 atom stereocenters. The Balaban J connectivity index is 1.82. The molecule has 1 aliphatic heterocycles. The molecule has 1 saturated heterocycles. The van der Waals surface area contributed by atoms with Crippen LogP contribution in [0, 0.1) is 0 Å². The Morgan fingerprint density at radius 1 is 1.33 bits per heavy atom. The van der Waals surface area contributed by atoms with Gasteiger partial charge in [0.2, 0.25) is 0 Å². The number of halogens is 1. The normalized spacial score (nSPS) is 19.4. The van der Waals surface area contributed by atoms with Crippen LogP contribution >= 0.6 is 15.9 Å². The van der Waals surface area contributed by atoms with Crippen LogP contribution in [0.15, 0.2) is 28.7 Å². The molecule has 1 aromatic carbocycles. The first-order chi connectivity index (χ1) is 8.75. The predicted molar refractivity (Wildman–Crippen MR) is 75.6 cm³/mol. The zero-order valence-electron chi connectivity index (χ0n) is 10.5. The third-order valence-electron chi connectivity index (χ3n) is 3.27. The van der Waals surface area contributed by atoms with Gasteiger partial charge in [-0.05, 0) is 30.5 Å². The Kier molecular flexibility index (Phi) is 5.63. The van der Waals surface area contributed by atoms with Gasteiger partial charge in [-0.2, -0.15) is 0 Å². The molecule has 3 nitrogen and oxygen atoms in total. The summed E-state index contributed by atoms with van der Waals surface area (Å²) in [5, 5.41) is 10.2. The van der Waals surface area contributed by atoms with E-state index < -0.39 is 0 Å². The van der Waals surface area contributed by atoms with Crippen LogP contribution in [0.1, 0.15) is 24.5 Å². The quantitative estimate of drug-likeness (QED) is 0.927. The minimum Gasteiger partial charge on any atom is -0.388 e. The molecule has 0 radical (unpaired) electrons. The van der Waals surface area contributed by atoms with Crippen LogP contribution in [-0.4, -0.2) is 42.9 Å². The van der Waals surface area contributed by atoms with Gasteiger partial charge in [0.15, 0.2) is 0 Å². The van der Waals surface area contributed by atoms with Gasteiger partial charge in [-0.15, -0.1) is 0 Å². The maximum absolute atomic E-state index is 10.2. The second-order valence-corrected chi connectivity index (χ2v) is 5.58. The van der Waals surface area contributed by atoms with Crippen molar-refractivity contribution in [3.05, 3.63) is 34.3 Å². The largest absolute Gasteiger partial charge is 0.388 e. The summed E-state index contributed by atoms with van der Waals surface area (Å²) < 4.78 is 6.44. The van der Waals surface area contributed by atoms with Crippen molar-refractivity contribution >= 4 is 15.9 Å². The van der Waals surface area contributed by atoms with Gasteiger partial charge in [0.1, 0.15) is 0 Å². The van der Waals surface area contributed by atoms with Crippen LogP contribution in [-0.2, 0) is 4.74 Å². The Morgan fingerprint density at radius 3 is 3.06 bits per heavy atom. The van der Waals surface area contributed by atoms with Crippen LogP contribution in [0.25, 0.3) is 0 Å². The monoisotopic (exact) mass is 313 g/mol. The summed E-state index contributed by atoms with van der Waals surface area (Å²) in [6, 6.07) is 7.89. The highest BCUT2D eigenvalue weighted by atomic mass is 79.9. The third-order valence-corrected chi connectivity index (χ3v) is 3.76. The molecule has 18 heavy (non-hydrogen) atoms. The summed E-state index contributed by atoms with van der Waals surface area (Å²) in [6.45, 7) is 4.66. The molecular formula is C14H20BrNO2. The third kappa shape index (κ3) is 4.35. The topological polar surface area (TPSA) is 32.7 Å². The molecule has 1 unspecified atom stereocenters. The Hall–Kier alpha value is -0.420. The number of ether oxygens (including phenoxy) is 1. The van der Waals surface area contributed by atoms with Crippen molar-refractivity contribution < 1.29 is 9.84 Å². The fourth-order valence-electron chi connectivity index (χ4n) is 2.21. The smallest absolute Gasteiger partial charge is 0.0802 e. The summed E-state index contributed by atoms with van der Waals surface area (Å²) >= 11 is 3.43. The number of hydrogen-bond donors (Lipinski definition) is 1. The van der Waals surface area contributed by atoms with E-state index >= 15 is 0 Å². The lowest BCUT2D eigenvalue weighted by molar-refractivity contribution is 0.126. The molecule has 100 valence electrons. The van der Waals surface area contributed by atoms with Crippen LogP contribution in [0.2, 0.25) is 0 Å². The minimum atomic E-state index is -0.383. The van der Waals surface area contributed by atoms with Crippen molar-refractivity contribution in [3.63, 3.8) is 0 Å². The SMILES string of the molecule is OC(CCN1CCCOCC1)c1cccc(Br)c1. The first-order valence-electron chi connectivity index (χ1n) is 6.49. The van der Waals surface area contributed by atoms with E-state index in [9.17, 15) is 5.11 Å². The molecule has 1 N–H and O–H groups in total. The zero-order chi connectivity index (χ0) is 12.8. The highest BCUT2D eigenvalue weighted by Crippen LogP contribution is 2.21. The molecule has 0 bridgehead atoms. The summed E-state index contributed by atoms with van der Waals surface area (Å²) in [7, 11) is 0. The molecule has 0 spiro atoms. The predicted octanol–water partition coefficient (Wildman–Crippen LogP) is 2.59. The van der Waals surface area contributed by atoms with Crippen molar-refractivity contribution in [2.75, 3.05) is 32.8 Å². The maximum Gasteiger partial charge on any atom is 0.0802 e. The Labute approximate surface area is 117 Å². The van der Waals surface area contributed by atoms with E-state index in [1.165, 1.54) is 0 Å². The molecular weight excluding hydrogens is 294 g/mol. The maximum atomic E-state index is 10.2. The molecule has 1 heterocycles. The summed E-state index contributed by atoms with van der Waals surface area (Å²) in [5.74, 6) is 0. The van der Waals surface area contributed by atoms with Crippen LogP contribution in [0.5, 0.6) is 0 Å². The highest BCUT2D eigenvalue weighted by Gasteiger charge is 2.13. The van der Waals surface area contributed by atoms with Gasteiger partial charge in [-0.1, -0.05) is 28.1 Å². The van der Waals surface area contributed by atoms with Gasteiger partial charge in [0, 0.05) is 30.7 Å². The highest BCUT2D eigenvalue weighted by molar-refractivity contribution is 9.10. The van der Waals surface area contributed by atoms with Gasteiger partial charge in [0.25, 0.3) is 0 Å². The average molecular weight is 314 g/mol. The standard InChI is InChI=1S/C14H20BrNO2/c15-13-4-1-3-12(11-13)14(17)5-7-16-6-2-9-18-10-8-16/h1,3-4,11,14,17H,2,5-10H2. The Morgan fingerprint density at radius 2 is 2.22 bits per heavy atom. The molecule has 1 fully saturated rings. The van der Waals surface area contributed by atoms with Gasteiger partial charge < -0.3 is 14.7 Å². The molecule has 0 aromatic heterocycles. The van der Waals surface area contributed by atoms with E-state index in [-0.39, 0.29) is 6.10 Å². The van der Waals surface area contributed by atoms with Gasteiger partial charge in [-0.3, -0.25) is 0 Å².